The number of hydrogen-bond acceptors (Lipinski definition) is 1. The van der Waals surface area contributed by atoms with Crippen LogP contribution in [-0.4, -0.2) is 18.3 Å². The van der Waals surface area contributed by atoms with Gasteiger partial charge in [-0.3, -0.25) is 0 Å². The van der Waals surface area contributed by atoms with Crippen molar-refractivity contribution in [1.29, 1.82) is 5.26 Å². The third-order valence-electron chi connectivity index (χ3n) is 14.5. The van der Waals surface area contributed by atoms with E-state index >= 15 is 0 Å². The van der Waals surface area contributed by atoms with Gasteiger partial charge in [-0.25, -0.2) is 4.85 Å². The predicted octanol–water partition coefficient (Wildman–Crippen LogP) is 16.7. The summed E-state index contributed by atoms with van der Waals surface area (Å²) in [6.45, 7) is 24.7. The maximum atomic E-state index is 12.6. The molecule has 9 aromatic carbocycles. The Kier molecular flexibility index (Phi) is 8.54. The van der Waals surface area contributed by atoms with Gasteiger partial charge in [-0.05, 0) is 139 Å². The molecule has 0 spiro atoms. The van der Waals surface area contributed by atoms with Gasteiger partial charge >= 0.3 is 0 Å². The van der Waals surface area contributed by atoms with Crippen LogP contribution in [0.15, 0.2) is 152 Å². The van der Waals surface area contributed by atoms with Gasteiger partial charge < -0.3 is 18.3 Å². The summed E-state index contributed by atoms with van der Waals surface area (Å²) in [4.78, 5) is 4.83. The molecule has 0 aliphatic rings. The van der Waals surface area contributed by atoms with E-state index in [1.165, 1.54) is 0 Å². The van der Waals surface area contributed by atoms with Crippen LogP contribution in [0.4, 0.5) is 5.69 Å². The Morgan fingerprint density at radius 1 is 0.333 bits per heavy atom. The van der Waals surface area contributed by atoms with E-state index in [0.717, 1.165) is 126 Å². The van der Waals surface area contributed by atoms with Crippen molar-refractivity contribution in [2.45, 2.75) is 48.5 Å². The maximum Gasteiger partial charge on any atom is 0.238 e. The molecule has 0 bridgehead atoms. The molecule has 328 valence electrons. The number of para-hydroxylation sites is 1. The molecule has 4 heterocycles. The number of nitriles is 1. The SMILES string of the molecule is [C-]#[N+]c1c(-n2c3ccccc3c3cc(C)ccc32)c(-n2c3ccc(C)cc3c3cc(C)ccc32)c(C#N)c(-n2c3ccc(C)cc3c3cc(C)ccc32)c1-n1c2ccc(C)cc2c2cc(C)ccc21. The number of nitrogens with zero attached hydrogens (tertiary/aromatic N) is 6. The Morgan fingerprint density at radius 2 is 0.580 bits per heavy atom. The number of benzene rings is 9. The first-order chi connectivity index (χ1) is 33.5. The van der Waals surface area contributed by atoms with E-state index in [1.807, 2.05) is 0 Å². The van der Waals surface area contributed by atoms with Gasteiger partial charge in [0.25, 0.3) is 0 Å². The molecule has 0 N–H and O–H groups in total. The van der Waals surface area contributed by atoms with Gasteiger partial charge in [0.05, 0.1) is 73.5 Å². The standard InChI is InChI=1S/C63H46N6/c1-35-13-20-52-43(27-35)42-11-9-10-12-51(42)68(52)62-59(65-8)63(69-57-25-18-40(6)32-48(57)49-33-41(7)19-26-58(49)69)61(67-55-23-16-38(4)30-46(55)47-31-39(5)17-24-56(47)67)50(34-64)60(62)66-53-21-14-36(2)28-44(53)45-29-37(3)15-22-54(45)66/h9-33H,1-7H3. The van der Waals surface area contributed by atoms with Crippen LogP contribution in [0.2, 0.25) is 0 Å². The smallest absolute Gasteiger partial charge is 0.238 e. The van der Waals surface area contributed by atoms with Gasteiger partial charge in [-0.1, -0.05) is 99.6 Å². The monoisotopic (exact) mass is 886 g/mol. The molecular weight excluding hydrogens is 841 g/mol. The summed E-state index contributed by atoms with van der Waals surface area (Å²) in [5.74, 6) is 0. The average molecular weight is 887 g/mol. The van der Waals surface area contributed by atoms with Crippen molar-refractivity contribution in [3.05, 3.63) is 208 Å². The molecule has 13 rings (SSSR count). The highest BCUT2D eigenvalue weighted by Crippen LogP contribution is 2.52. The molecule has 0 unspecified atom stereocenters. The van der Waals surface area contributed by atoms with Crippen molar-refractivity contribution in [1.82, 2.24) is 18.3 Å². The highest BCUT2D eigenvalue weighted by Gasteiger charge is 2.34. The lowest BCUT2D eigenvalue weighted by Gasteiger charge is -2.27. The predicted molar refractivity (Wildman–Crippen MR) is 288 cm³/mol. The second-order valence-electron chi connectivity index (χ2n) is 19.3. The molecule has 0 fully saturated rings. The Bertz CT molecular complexity index is 4350. The van der Waals surface area contributed by atoms with Gasteiger partial charge in [-0.15, -0.1) is 0 Å². The van der Waals surface area contributed by atoms with Crippen molar-refractivity contribution in [2.75, 3.05) is 0 Å². The van der Waals surface area contributed by atoms with Gasteiger partial charge in [0, 0.05) is 43.1 Å². The minimum absolute atomic E-state index is 0.436. The minimum atomic E-state index is 0.436. The summed E-state index contributed by atoms with van der Waals surface area (Å²) in [6.07, 6.45) is 0. The number of rotatable bonds is 4. The van der Waals surface area contributed by atoms with Crippen molar-refractivity contribution in [2.24, 2.45) is 0 Å². The van der Waals surface area contributed by atoms with Crippen LogP contribution in [0.3, 0.4) is 0 Å². The Morgan fingerprint density at radius 3 is 0.855 bits per heavy atom. The van der Waals surface area contributed by atoms with Crippen LogP contribution >= 0.6 is 0 Å². The Balaban J connectivity index is 1.39. The second-order valence-corrected chi connectivity index (χ2v) is 19.3. The third kappa shape index (κ3) is 5.64. The number of aryl methyl sites for hydroxylation is 7. The number of hydrogen-bond donors (Lipinski definition) is 0. The molecule has 6 heteroatoms. The summed E-state index contributed by atoms with van der Waals surface area (Å²) >= 11 is 0. The highest BCUT2D eigenvalue weighted by atomic mass is 15.1. The molecule has 0 radical (unpaired) electrons. The van der Waals surface area contributed by atoms with E-state index < -0.39 is 0 Å². The molecule has 0 aliphatic carbocycles. The minimum Gasteiger partial charge on any atom is -0.317 e. The highest BCUT2D eigenvalue weighted by molar-refractivity contribution is 6.17. The zero-order valence-electron chi connectivity index (χ0n) is 39.6. The fraction of sp³-hybridized carbons (Fsp3) is 0.111. The van der Waals surface area contributed by atoms with Crippen molar-refractivity contribution in [3.8, 4) is 28.8 Å². The van der Waals surface area contributed by atoms with Crippen molar-refractivity contribution >= 4 is 92.9 Å². The molecule has 13 aromatic rings. The van der Waals surface area contributed by atoms with Crippen LogP contribution < -0.4 is 0 Å². The fourth-order valence-corrected chi connectivity index (χ4v) is 11.6. The van der Waals surface area contributed by atoms with Gasteiger partial charge in [0.15, 0.2) is 0 Å². The molecule has 69 heavy (non-hydrogen) atoms. The Hall–Kier alpha value is -8.84. The van der Waals surface area contributed by atoms with E-state index in [0.29, 0.717) is 34.0 Å². The zero-order chi connectivity index (χ0) is 47.1. The van der Waals surface area contributed by atoms with Gasteiger partial charge in [0.2, 0.25) is 5.69 Å². The molecule has 0 amide bonds. The van der Waals surface area contributed by atoms with Crippen LogP contribution in [0.5, 0.6) is 0 Å². The summed E-state index contributed by atoms with van der Waals surface area (Å²) in [5, 5.41) is 21.3. The van der Waals surface area contributed by atoms with Gasteiger partial charge in [-0.2, -0.15) is 5.26 Å². The largest absolute Gasteiger partial charge is 0.317 e. The van der Waals surface area contributed by atoms with Crippen LogP contribution in [0.1, 0.15) is 44.5 Å². The Labute approximate surface area is 399 Å². The average Bonchev–Trinajstić information content (AvgIpc) is 4.04. The van der Waals surface area contributed by atoms with Crippen molar-refractivity contribution < 1.29 is 0 Å². The number of fused-ring (bicyclic) bond motifs is 12. The van der Waals surface area contributed by atoms with E-state index in [2.05, 4.69) is 224 Å². The molecule has 0 aliphatic heterocycles. The lowest BCUT2D eigenvalue weighted by molar-refractivity contribution is 1.04. The fourth-order valence-electron chi connectivity index (χ4n) is 11.6. The van der Waals surface area contributed by atoms with E-state index in [1.54, 1.807) is 0 Å². The summed E-state index contributed by atoms with van der Waals surface area (Å²) < 4.78 is 9.14. The summed E-state index contributed by atoms with van der Waals surface area (Å²) in [6, 6.07) is 57.7. The van der Waals surface area contributed by atoms with E-state index in [9.17, 15) is 11.8 Å². The van der Waals surface area contributed by atoms with Crippen LogP contribution in [0.25, 0.3) is 115 Å². The molecule has 0 atom stereocenters. The van der Waals surface area contributed by atoms with E-state index in [-0.39, 0.29) is 0 Å². The summed E-state index contributed by atoms with van der Waals surface area (Å²) in [5.41, 5.74) is 19.2. The lowest BCUT2D eigenvalue weighted by Crippen LogP contribution is -2.14. The number of aromatic nitrogens is 4. The van der Waals surface area contributed by atoms with Crippen molar-refractivity contribution in [3.63, 3.8) is 0 Å². The molecule has 0 saturated heterocycles. The topological polar surface area (TPSA) is 47.9 Å². The molecule has 0 saturated carbocycles. The first kappa shape index (κ1) is 40.4. The van der Waals surface area contributed by atoms with Crippen LogP contribution in [0, 0.1) is 66.4 Å². The molecule has 4 aromatic heterocycles. The van der Waals surface area contributed by atoms with Gasteiger partial charge in [0.1, 0.15) is 11.6 Å². The van der Waals surface area contributed by atoms with Crippen LogP contribution in [-0.2, 0) is 0 Å². The van der Waals surface area contributed by atoms with E-state index in [4.69, 9.17) is 4.85 Å². The molecular formula is C63H46N6. The first-order valence-corrected chi connectivity index (χ1v) is 23.6. The lowest BCUT2D eigenvalue weighted by atomic mass is 10.0. The normalized spacial score (nSPS) is 12.0. The third-order valence-corrected chi connectivity index (χ3v) is 14.5. The summed E-state index contributed by atoms with van der Waals surface area (Å²) in [7, 11) is 0. The quantitative estimate of drug-likeness (QED) is 0.162. The first-order valence-electron chi connectivity index (χ1n) is 23.6. The second kappa shape index (κ2) is 14.6. The zero-order valence-corrected chi connectivity index (χ0v) is 39.6. The molecule has 6 nitrogen and oxygen atoms in total. The maximum absolute atomic E-state index is 12.6.